The molecule has 11 heteroatoms. The molecule has 2 aliphatic rings. The van der Waals surface area contributed by atoms with E-state index in [-0.39, 0.29) is 41.8 Å². The molecule has 0 saturated heterocycles. The third-order valence-corrected chi connectivity index (χ3v) is 8.49. The van der Waals surface area contributed by atoms with Crippen LogP contribution in [0.2, 0.25) is 0 Å². The number of anilines is 2. The molecule has 0 radical (unpaired) electrons. The minimum absolute atomic E-state index is 0.114. The van der Waals surface area contributed by atoms with Crippen LogP contribution in [0.4, 0.5) is 16.0 Å². The summed E-state index contributed by atoms with van der Waals surface area (Å²) in [5, 5.41) is 3.65. The number of nitrogens with zero attached hydrogens (tertiary/aromatic N) is 4. The highest BCUT2D eigenvalue weighted by Crippen LogP contribution is 2.32. The third-order valence-electron chi connectivity index (χ3n) is 6.73. The first-order valence-corrected chi connectivity index (χ1v) is 13.9. The summed E-state index contributed by atoms with van der Waals surface area (Å²) >= 11 is 0. The number of amides is 1. The Morgan fingerprint density at radius 1 is 1.08 bits per heavy atom. The Kier molecular flexibility index (Phi) is 6.24. The highest BCUT2D eigenvalue weighted by atomic mass is 32.2. The van der Waals surface area contributed by atoms with E-state index in [2.05, 4.69) is 15.3 Å². The third kappa shape index (κ3) is 4.70. The van der Waals surface area contributed by atoms with E-state index >= 15 is 0 Å². The van der Waals surface area contributed by atoms with Gasteiger partial charge >= 0.3 is 0 Å². The summed E-state index contributed by atoms with van der Waals surface area (Å²) in [7, 11) is -3.51. The largest absolute Gasteiger partial charge is 0.376 e. The van der Waals surface area contributed by atoms with Gasteiger partial charge in [-0.15, -0.1) is 0 Å². The van der Waals surface area contributed by atoms with Gasteiger partial charge in [-0.1, -0.05) is 6.07 Å². The summed E-state index contributed by atoms with van der Waals surface area (Å²) in [5.41, 5.74) is 2.96. The van der Waals surface area contributed by atoms with Gasteiger partial charge in [-0.3, -0.25) is 9.78 Å². The van der Waals surface area contributed by atoms with Crippen LogP contribution in [0, 0.1) is 5.82 Å². The highest BCUT2D eigenvalue weighted by Gasteiger charge is 2.24. The van der Waals surface area contributed by atoms with Crippen molar-refractivity contribution in [2.75, 3.05) is 23.8 Å². The van der Waals surface area contributed by atoms with E-state index in [0.717, 1.165) is 30.3 Å². The van der Waals surface area contributed by atoms with Crippen molar-refractivity contribution in [3.05, 3.63) is 83.1 Å². The molecule has 0 unspecified atom stereocenters. The van der Waals surface area contributed by atoms with Crippen molar-refractivity contribution >= 4 is 38.3 Å². The van der Waals surface area contributed by atoms with E-state index < -0.39 is 15.7 Å². The minimum Gasteiger partial charge on any atom is -0.376 e. The van der Waals surface area contributed by atoms with Gasteiger partial charge in [0.1, 0.15) is 17.5 Å². The number of pyridine rings is 3. The molecule has 0 bridgehead atoms. The SMILES string of the molecule is O=C(NCc1cc2nc(N3CCCc4cc(F)cnc43)ccc2cn1)c1ccc2c(c1)S(=O)(=O)CCOC2. The second kappa shape index (κ2) is 9.73. The summed E-state index contributed by atoms with van der Waals surface area (Å²) in [6, 6.07) is 11.8. The first kappa shape index (κ1) is 24.4. The van der Waals surface area contributed by atoms with E-state index in [4.69, 9.17) is 9.72 Å². The quantitative estimate of drug-likeness (QED) is 0.424. The maximum absolute atomic E-state index is 13.7. The summed E-state index contributed by atoms with van der Waals surface area (Å²) in [5.74, 6) is 0.544. The van der Waals surface area contributed by atoms with Crippen LogP contribution in [0.25, 0.3) is 10.9 Å². The maximum atomic E-state index is 13.7. The van der Waals surface area contributed by atoms with E-state index in [1.807, 2.05) is 17.0 Å². The van der Waals surface area contributed by atoms with E-state index in [1.54, 1.807) is 24.4 Å². The lowest BCUT2D eigenvalue weighted by Gasteiger charge is -2.29. The van der Waals surface area contributed by atoms with Gasteiger partial charge in [0.25, 0.3) is 5.91 Å². The fourth-order valence-electron chi connectivity index (χ4n) is 4.79. The molecule has 0 spiro atoms. The number of carbonyl (C=O) groups excluding carboxylic acids is 1. The zero-order valence-corrected chi connectivity index (χ0v) is 21.2. The van der Waals surface area contributed by atoms with Gasteiger partial charge < -0.3 is 15.0 Å². The second-order valence-electron chi connectivity index (χ2n) is 9.31. The molecule has 38 heavy (non-hydrogen) atoms. The number of nitrogens with one attached hydrogen (secondary N) is 1. The van der Waals surface area contributed by atoms with Gasteiger partial charge in [0.2, 0.25) is 0 Å². The maximum Gasteiger partial charge on any atom is 0.251 e. The molecule has 9 nitrogen and oxygen atoms in total. The van der Waals surface area contributed by atoms with Crippen LogP contribution in [-0.4, -0.2) is 48.2 Å². The van der Waals surface area contributed by atoms with Crippen LogP contribution < -0.4 is 10.2 Å². The van der Waals surface area contributed by atoms with Crippen molar-refractivity contribution in [1.82, 2.24) is 20.3 Å². The van der Waals surface area contributed by atoms with E-state index in [1.165, 1.54) is 18.3 Å². The molecule has 4 aromatic rings. The van der Waals surface area contributed by atoms with Crippen LogP contribution in [0.3, 0.4) is 0 Å². The number of hydrogen-bond donors (Lipinski definition) is 1. The Balaban J connectivity index is 1.22. The van der Waals surface area contributed by atoms with Crippen LogP contribution in [0.15, 0.2) is 59.8 Å². The zero-order chi connectivity index (χ0) is 26.3. The Morgan fingerprint density at radius 3 is 2.87 bits per heavy atom. The van der Waals surface area contributed by atoms with E-state index in [9.17, 15) is 17.6 Å². The molecule has 0 fully saturated rings. The number of benzene rings is 1. The minimum atomic E-state index is -3.51. The molecule has 194 valence electrons. The Bertz CT molecular complexity index is 1680. The molecule has 0 saturated carbocycles. The molecule has 6 rings (SSSR count). The normalized spacial score (nSPS) is 16.4. The number of halogens is 1. The molecular formula is C27H24FN5O4S. The molecule has 0 aliphatic carbocycles. The van der Waals surface area contributed by atoms with Crippen LogP contribution >= 0.6 is 0 Å². The molecular weight excluding hydrogens is 509 g/mol. The highest BCUT2D eigenvalue weighted by molar-refractivity contribution is 7.91. The fraction of sp³-hybridized carbons (Fsp3) is 0.259. The van der Waals surface area contributed by atoms with Crippen molar-refractivity contribution in [2.24, 2.45) is 0 Å². The van der Waals surface area contributed by atoms with Crippen molar-refractivity contribution in [1.29, 1.82) is 0 Å². The van der Waals surface area contributed by atoms with Gasteiger partial charge in [0, 0.05) is 23.7 Å². The van der Waals surface area contributed by atoms with Crippen molar-refractivity contribution in [2.45, 2.75) is 30.9 Å². The molecule has 3 aromatic heterocycles. The first-order chi connectivity index (χ1) is 18.4. The molecule has 1 amide bonds. The number of aryl methyl sites for hydroxylation is 1. The fourth-order valence-corrected chi connectivity index (χ4v) is 6.18. The van der Waals surface area contributed by atoms with Crippen molar-refractivity contribution < 1.29 is 22.3 Å². The number of aromatic nitrogens is 3. The topological polar surface area (TPSA) is 114 Å². The molecule has 2 aliphatic heterocycles. The second-order valence-corrected chi connectivity index (χ2v) is 11.4. The number of carbonyl (C=O) groups is 1. The number of fused-ring (bicyclic) bond motifs is 3. The lowest BCUT2D eigenvalue weighted by molar-refractivity contribution is 0.0950. The lowest BCUT2D eigenvalue weighted by Crippen LogP contribution is -2.26. The average Bonchev–Trinajstić information content (AvgIpc) is 3.08. The Hall–Kier alpha value is -3.96. The van der Waals surface area contributed by atoms with Crippen LogP contribution in [-0.2, 0) is 34.1 Å². The number of sulfone groups is 1. The smallest absolute Gasteiger partial charge is 0.251 e. The molecule has 5 heterocycles. The zero-order valence-electron chi connectivity index (χ0n) is 20.4. The van der Waals surface area contributed by atoms with Gasteiger partial charge in [-0.25, -0.2) is 22.8 Å². The van der Waals surface area contributed by atoms with Gasteiger partial charge in [-0.2, -0.15) is 0 Å². The predicted octanol–water partition coefficient (Wildman–Crippen LogP) is 3.48. The van der Waals surface area contributed by atoms with Crippen molar-refractivity contribution in [3.8, 4) is 0 Å². The van der Waals surface area contributed by atoms with Crippen LogP contribution in [0.1, 0.15) is 33.6 Å². The average molecular weight is 534 g/mol. The Morgan fingerprint density at radius 2 is 1.97 bits per heavy atom. The van der Waals surface area contributed by atoms with Gasteiger partial charge in [-0.05, 0) is 60.4 Å². The summed E-state index contributed by atoms with van der Waals surface area (Å²) < 4.78 is 44.1. The molecule has 1 N–H and O–H groups in total. The number of hydrogen-bond acceptors (Lipinski definition) is 8. The summed E-state index contributed by atoms with van der Waals surface area (Å²) in [6.07, 6.45) is 4.54. The first-order valence-electron chi connectivity index (χ1n) is 12.3. The Labute approximate surface area is 218 Å². The van der Waals surface area contributed by atoms with Crippen molar-refractivity contribution in [3.63, 3.8) is 0 Å². The molecule has 1 aromatic carbocycles. The van der Waals surface area contributed by atoms with Gasteiger partial charge in [0.15, 0.2) is 9.84 Å². The summed E-state index contributed by atoms with van der Waals surface area (Å²) in [6.45, 7) is 1.19. The monoisotopic (exact) mass is 533 g/mol. The number of rotatable bonds is 4. The lowest BCUT2D eigenvalue weighted by atomic mass is 10.1. The standard InChI is InChI=1S/C27H24FN5O4S/c28-21-10-17-2-1-7-33(26(17)30-14-21)25-6-5-19-13-29-22(12-23(19)32-25)15-31-27(34)18-3-4-20-16-37-8-9-38(35,36)24(20)11-18/h3-6,10-14H,1-2,7-9,15-16H2,(H,31,34). The van der Waals surface area contributed by atoms with Gasteiger partial charge in [0.05, 0.1) is 47.8 Å². The van der Waals surface area contributed by atoms with E-state index in [0.29, 0.717) is 28.4 Å². The summed E-state index contributed by atoms with van der Waals surface area (Å²) in [4.78, 5) is 28.5. The molecule has 0 atom stereocenters. The van der Waals surface area contributed by atoms with Crippen LogP contribution in [0.5, 0.6) is 0 Å². The number of ether oxygens (including phenoxy) is 1. The predicted molar refractivity (Wildman–Crippen MR) is 138 cm³/mol.